The fourth-order valence-electron chi connectivity index (χ4n) is 5.55. The van der Waals surface area contributed by atoms with Crippen molar-refractivity contribution in [3.8, 4) is 0 Å². The maximum Gasteiger partial charge on any atom is 0.472 e. The van der Waals surface area contributed by atoms with E-state index in [4.69, 9.17) is 18.5 Å². The summed E-state index contributed by atoms with van der Waals surface area (Å²) in [6.45, 7) is 2.14. The highest BCUT2D eigenvalue weighted by Gasteiger charge is 2.27. The van der Waals surface area contributed by atoms with Crippen molar-refractivity contribution >= 4 is 19.8 Å². The first-order chi connectivity index (χ1) is 25.8. The van der Waals surface area contributed by atoms with Crippen molar-refractivity contribution < 1.29 is 47.8 Å². The third kappa shape index (κ3) is 36.9. The molecule has 0 saturated heterocycles. The van der Waals surface area contributed by atoms with Gasteiger partial charge in [0.1, 0.15) is 12.2 Å². The van der Waals surface area contributed by atoms with E-state index in [1.807, 2.05) is 0 Å². The van der Waals surface area contributed by atoms with Crippen molar-refractivity contribution in [2.24, 2.45) is 0 Å². The molecule has 0 spiro atoms. The number of phosphoric ester groups is 1. The van der Waals surface area contributed by atoms with E-state index in [1.54, 1.807) is 0 Å². The topological polar surface area (TPSA) is 149 Å². The number of hydrogen-bond acceptors (Lipinski definition) is 9. The number of esters is 2. The van der Waals surface area contributed by atoms with E-state index >= 15 is 0 Å². The molecule has 10 nitrogen and oxygen atoms in total. The second kappa shape index (κ2) is 38.5. The van der Waals surface area contributed by atoms with E-state index in [2.05, 4.69) is 50.3 Å². The summed E-state index contributed by atoms with van der Waals surface area (Å²) in [7, 11) is -4.64. The van der Waals surface area contributed by atoms with Gasteiger partial charge in [-0.05, 0) is 70.6 Å². The highest BCUT2D eigenvalue weighted by Crippen LogP contribution is 2.43. The average molecular weight is 773 g/mol. The molecule has 0 aliphatic heterocycles. The van der Waals surface area contributed by atoms with Crippen LogP contribution in [0.15, 0.2) is 36.5 Å². The van der Waals surface area contributed by atoms with E-state index in [-0.39, 0.29) is 12.8 Å². The number of rotatable bonds is 39. The molecule has 0 fully saturated rings. The van der Waals surface area contributed by atoms with Crippen LogP contribution in [0.5, 0.6) is 0 Å². The van der Waals surface area contributed by atoms with Crippen LogP contribution in [0.2, 0.25) is 0 Å². The SMILES string of the molecule is CCCCC/C=C\CCCCCCCC(=O)OC(CO)COP(=O)(O)OCC(CO)OC(=O)CCCCCCCCC/C=C\C/C=C\CCCCCC. The fraction of sp³-hybridized carbons (Fsp3) is 0.810. The number of ether oxygens (including phenoxy) is 2. The summed E-state index contributed by atoms with van der Waals surface area (Å²) in [5, 5.41) is 19.1. The van der Waals surface area contributed by atoms with Crippen LogP contribution in [0.1, 0.15) is 181 Å². The summed E-state index contributed by atoms with van der Waals surface area (Å²) in [4.78, 5) is 34.4. The third-order valence-electron chi connectivity index (χ3n) is 8.82. The van der Waals surface area contributed by atoms with Gasteiger partial charge in [0.25, 0.3) is 0 Å². The maximum atomic E-state index is 12.3. The van der Waals surface area contributed by atoms with Gasteiger partial charge in [0.05, 0.1) is 26.4 Å². The predicted molar refractivity (Wildman–Crippen MR) is 214 cm³/mol. The number of phosphoric acid groups is 1. The lowest BCUT2D eigenvalue weighted by Crippen LogP contribution is -2.28. The van der Waals surface area contributed by atoms with E-state index in [0.717, 1.165) is 70.6 Å². The summed E-state index contributed by atoms with van der Waals surface area (Å²) < 4.78 is 32.5. The molecule has 0 aromatic heterocycles. The Bertz CT molecular complexity index is 983. The minimum absolute atomic E-state index is 0.181. The van der Waals surface area contributed by atoms with Gasteiger partial charge in [0, 0.05) is 12.8 Å². The van der Waals surface area contributed by atoms with E-state index < -0.39 is 58.4 Å². The minimum atomic E-state index is -4.64. The molecule has 0 aliphatic carbocycles. The number of aliphatic hydroxyl groups excluding tert-OH is 2. The summed E-state index contributed by atoms with van der Waals surface area (Å²) in [6, 6.07) is 0. The number of aliphatic hydroxyl groups is 2. The summed E-state index contributed by atoms with van der Waals surface area (Å²) in [6.07, 6.45) is 38.3. The highest BCUT2D eigenvalue weighted by atomic mass is 31.2. The lowest BCUT2D eigenvalue weighted by atomic mass is 10.1. The molecule has 0 aromatic rings. The molecular formula is C42H77O10P. The number of unbranched alkanes of at least 4 members (excludes halogenated alkanes) is 19. The Balaban J connectivity index is 3.95. The molecule has 11 heteroatoms. The van der Waals surface area contributed by atoms with Gasteiger partial charge in [-0.3, -0.25) is 18.6 Å². The van der Waals surface area contributed by atoms with Gasteiger partial charge in [-0.2, -0.15) is 0 Å². The first kappa shape index (κ1) is 51.2. The van der Waals surface area contributed by atoms with Gasteiger partial charge >= 0.3 is 19.8 Å². The van der Waals surface area contributed by atoms with Crippen LogP contribution >= 0.6 is 7.82 Å². The van der Waals surface area contributed by atoms with Crippen molar-refractivity contribution in [3.05, 3.63) is 36.5 Å². The normalized spacial score (nSPS) is 14.3. The summed E-state index contributed by atoms with van der Waals surface area (Å²) in [5.41, 5.74) is 0. The quantitative estimate of drug-likeness (QED) is 0.0238. The van der Waals surface area contributed by atoms with Crippen LogP contribution < -0.4 is 0 Å². The number of carbonyl (C=O) groups is 2. The smallest absolute Gasteiger partial charge is 0.457 e. The average Bonchev–Trinajstić information content (AvgIpc) is 3.14. The Hall–Kier alpha value is -1.81. The zero-order valence-corrected chi connectivity index (χ0v) is 34.4. The molecule has 0 aromatic carbocycles. The molecule has 0 bridgehead atoms. The van der Waals surface area contributed by atoms with Crippen molar-refractivity contribution in [3.63, 3.8) is 0 Å². The van der Waals surface area contributed by atoms with Crippen LogP contribution in [-0.4, -0.2) is 65.7 Å². The Morgan fingerprint density at radius 1 is 0.509 bits per heavy atom. The summed E-state index contributed by atoms with van der Waals surface area (Å²) in [5.74, 6) is -1.04. The van der Waals surface area contributed by atoms with Crippen LogP contribution in [0.4, 0.5) is 0 Å². The second-order valence-corrected chi connectivity index (χ2v) is 15.4. The predicted octanol–water partition coefficient (Wildman–Crippen LogP) is 10.8. The molecule has 0 aliphatic rings. The third-order valence-corrected chi connectivity index (χ3v) is 9.78. The van der Waals surface area contributed by atoms with Gasteiger partial charge in [0.2, 0.25) is 0 Å². The Labute approximate surface area is 322 Å². The van der Waals surface area contributed by atoms with Crippen LogP contribution in [0.3, 0.4) is 0 Å². The van der Waals surface area contributed by atoms with E-state index in [9.17, 15) is 29.3 Å². The number of hydrogen-bond donors (Lipinski definition) is 3. The van der Waals surface area contributed by atoms with Gasteiger partial charge in [0.15, 0.2) is 0 Å². The molecule has 0 saturated carbocycles. The van der Waals surface area contributed by atoms with Crippen molar-refractivity contribution in [2.45, 2.75) is 193 Å². The Morgan fingerprint density at radius 2 is 0.830 bits per heavy atom. The zero-order valence-electron chi connectivity index (χ0n) is 33.5. The standard InChI is InChI=1S/C42H77O10P/c1-3-5-7-9-11-13-15-17-18-19-20-21-22-24-26-28-30-32-34-42(46)52-40(36-44)38-50-53(47,48)49-37-39(35-43)51-41(45)33-31-29-27-25-23-16-14-12-10-8-6-4-2/h12-15,18-19,39-40,43-44H,3-11,16-17,20-38H2,1-2H3,(H,47,48)/b14-12-,15-13-,19-18-. The zero-order chi connectivity index (χ0) is 39.1. The van der Waals surface area contributed by atoms with E-state index in [0.29, 0.717) is 12.8 Å². The van der Waals surface area contributed by atoms with Crippen molar-refractivity contribution in [1.29, 1.82) is 0 Å². The monoisotopic (exact) mass is 773 g/mol. The van der Waals surface area contributed by atoms with Crippen molar-refractivity contribution in [1.82, 2.24) is 0 Å². The maximum absolute atomic E-state index is 12.3. The Kier molecular flexibility index (Phi) is 37.2. The number of allylic oxidation sites excluding steroid dienone is 6. The fourth-order valence-corrected chi connectivity index (χ4v) is 6.33. The molecule has 0 rings (SSSR count). The van der Waals surface area contributed by atoms with Gasteiger partial charge in [-0.1, -0.05) is 134 Å². The molecular weight excluding hydrogens is 695 g/mol. The van der Waals surface area contributed by atoms with Crippen molar-refractivity contribution in [2.75, 3.05) is 26.4 Å². The van der Waals surface area contributed by atoms with Crippen LogP contribution in [0, 0.1) is 0 Å². The van der Waals surface area contributed by atoms with Gasteiger partial charge in [-0.15, -0.1) is 0 Å². The van der Waals surface area contributed by atoms with Crippen LogP contribution in [-0.2, 0) is 32.7 Å². The Morgan fingerprint density at radius 3 is 1.23 bits per heavy atom. The summed E-state index contributed by atoms with van der Waals surface area (Å²) >= 11 is 0. The lowest BCUT2D eigenvalue weighted by molar-refractivity contribution is -0.153. The molecule has 53 heavy (non-hydrogen) atoms. The minimum Gasteiger partial charge on any atom is -0.457 e. The molecule has 0 radical (unpaired) electrons. The second-order valence-electron chi connectivity index (χ2n) is 14.0. The molecule has 3 N–H and O–H groups in total. The molecule has 310 valence electrons. The highest BCUT2D eigenvalue weighted by molar-refractivity contribution is 7.47. The molecule has 0 heterocycles. The first-order valence-electron chi connectivity index (χ1n) is 20.9. The van der Waals surface area contributed by atoms with Gasteiger partial charge < -0.3 is 24.6 Å². The van der Waals surface area contributed by atoms with Crippen LogP contribution in [0.25, 0.3) is 0 Å². The number of carbonyl (C=O) groups excluding carboxylic acids is 2. The lowest BCUT2D eigenvalue weighted by Gasteiger charge is -2.20. The van der Waals surface area contributed by atoms with Gasteiger partial charge in [-0.25, -0.2) is 4.57 Å². The molecule has 0 amide bonds. The van der Waals surface area contributed by atoms with E-state index in [1.165, 1.54) is 70.6 Å². The largest absolute Gasteiger partial charge is 0.472 e. The first-order valence-corrected chi connectivity index (χ1v) is 22.4. The molecule has 3 unspecified atom stereocenters. The molecule has 3 atom stereocenters.